The molecule has 1 fully saturated rings. The van der Waals surface area contributed by atoms with Crippen LogP contribution in [0, 0.1) is 0 Å². The summed E-state index contributed by atoms with van der Waals surface area (Å²) in [6, 6.07) is 0. The van der Waals surface area contributed by atoms with E-state index in [-0.39, 0.29) is 18.4 Å². The monoisotopic (exact) mass is 246 g/mol. The van der Waals surface area contributed by atoms with Crippen molar-refractivity contribution in [3.63, 3.8) is 0 Å². The molecule has 0 saturated carbocycles. The fourth-order valence-corrected chi connectivity index (χ4v) is 1.51. The summed E-state index contributed by atoms with van der Waals surface area (Å²) in [5.41, 5.74) is 5.31. The Hall–Kier alpha value is -0.650. The summed E-state index contributed by atoms with van der Waals surface area (Å²) in [6.07, 6.45) is 3.65. The summed E-state index contributed by atoms with van der Waals surface area (Å²) in [7, 11) is 0. The molecule has 0 aromatic carbocycles. The second kappa shape index (κ2) is 8.44. The molecule has 5 nitrogen and oxygen atoms in total. The van der Waals surface area contributed by atoms with Gasteiger partial charge in [0.1, 0.15) is 5.60 Å². The van der Waals surface area contributed by atoms with Gasteiger partial charge in [-0.15, -0.1) is 0 Å². The zero-order valence-corrected chi connectivity index (χ0v) is 11.2. The normalized spacial score (nSPS) is 18.9. The molecule has 0 radical (unpaired) electrons. The molecular formula is C12H26N2O3. The molecule has 0 aromatic heterocycles. The first-order valence-electron chi connectivity index (χ1n) is 6.12. The lowest BCUT2D eigenvalue weighted by Gasteiger charge is -2.30. The molecule has 1 atom stereocenters. The van der Waals surface area contributed by atoms with Gasteiger partial charge in [-0.1, -0.05) is 6.42 Å². The molecule has 0 amide bonds. The average Bonchev–Trinajstić information content (AvgIpc) is 2.28. The van der Waals surface area contributed by atoms with E-state index in [0.29, 0.717) is 6.47 Å². The van der Waals surface area contributed by atoms with Crippen LogP contribution in [0.4, 0.5) is 0 Å². The highest BCUT2D eigenvalue weighted by molar-refractivity contribution is 5.37. The first-order chi connectivity index (χ1) is 7.90. The van der Waals surface area contributed by atoms with Crippen molar-refractivity contribution in [3.8, 4) is 0 Å². The molecule has 102 valence electrons. The van der Waals surface area contributed by atoms with Gasteiger partial charge in [-0.2, -0.15) is 0 Å². The number of carbonyl (C=O) groups excluding carboxylic acids is 1. The smallest absolute Gasteiger partial charge is 0.293 e. The lowest BCUT2D eigenvalue weighted by Crippen LogP contribution is -2.46. The summed E-state index contributed by atoms with van der Waals surface area (Å²) in [5, 5.41) is 8.72. The first kappa shape index (κ1) is 16.4. The van der Waals surface area contributed by atoms with Gasteiger partial charge in [0, 0.05) is 0 Å². The predicted molar refractivity (Wildman–Crippen MR) is 67.4 cm³/mol. The highest BCUT2D eigenvalue weighted by Gasteiger charge is 2.15. The van der Waals surface area contributed by atoms with Crippen molar-refractivity contribution in [2.45, 2.75) is 51.8 Å². The van der Waals surface area contributed by atoms with Crippen molar-refractivity contribution >= 4 is 6.47 Å². The Bertz CT molecular complexity index is 198. The van der Waals surface area contributed by atoms with E-state index in [2.05, 4.69) is 9.64 Å². The predicted octanol–water partition coefficient (Wildman–Crippen LogP) is 0.707. The zero-order chi connectivity index (χ0) is 13.3. The van der Waals surface area contributed by atoms with Gasteiger partial charge in [-0.3, -0.25) is 9.69 Å². The van der Waals surface area contributed by atoms with Crippen molar-refractivity contribution in [2.24, 2.45) is 5.73 Å². The number of carbonyl (C=O) groups is 1. The summed E-state index contributed by atoms with van der Waals surface area (Å²) in [6.45, 7) is 8.12. The topological polar surface area (TPSA) is 75.8 Å². The van der Waals surface area contributed by atoms with Crippen molar-refractivity contribution in [3.05, 3.63) is 0 Å². The molecular weight excluding hydrogens is 220 g/mol. The summed E-state index contributed by atoms with van der Waals surface area (Å²) >= 11 is 0. The minimum Gasteiger partial charge on any atom is -0.462 e. The van der Waals surface area contributed by atoms with E-state index in [1.807, 2.05) is 20.8 Å². The maximum absolute atomic E-state index is 9.60. The molecule has 5 heteroatoms. The third-order valence-corrected chi connectivity index (χ3v) is 2.45. The van der Waals surface area contributed by atoms with E-state index in [4.69, 9.17) is 10.8 Å². The van der Waals surface area contributed by atoms with Gasteiger partial charge in [0.15, 0.2) is 0 Å². The fourth-order valence-electron chi connectivity index (χ4n) is 1.51. The van der Waals surface area contributed by atoms with Gasteiger partial charge in [-0.05, 0) is 46.7 Å². The standard InChI is InChI=1S/C7H16N2O.C5H10O2/c8-7(6-10)9-4-2-1-3-5-9;1-5(2,3)7-4-6/h7,10H,1-6,8H2;4H,1-3H3. The molecule has 0 bridgehead atoms. The largest absolute Gasteiger partial charge is 0.462 e. The van der Waals surface area contributed by atoms with Crippen molar-refractivity contribution in [1.29, 1.82) is 0 Å². The minimum absolute atomic E-state index is 0.0833. The van der Waals surface area contributed by atoms with Crippen LogP contribution in [-0.2, 0) is 9.53 Å². The van der Waals surface area contributed by atoms with E-state index in [1.54, 1.807) is 0 Å². The Kier molecular flexibility index (Phi) is 8.12. The van der Waals surface area contributed by atoms with Gasteiger partial charge >= 0.3 is 0 Å². The van der Waals surface area contributed by atoms with Crippen LogP contribution in [0.2, 0.25) is 0 Å². The lowest BCUT2D eigenvalue weighted by atomic mass is 10.1. The molecule has 1 heterocycles. The lowest BCUT2D eigenvalue weighted by molar-refractivity contribution is -0.138. The van der Waals surface area contributed by atoms with E-state index in [0.717, 1.165) is 13.1 Å². The Morgan fingerprint density at radius 2 is 1.88 bits per heavy atom. The highest BCUT2D eigenvalue weighted by atomic mass is 16.5. The van der Waals surface area contributed by atoms with Crippen LogP contribution in [0.1, 0.15) is 40.0 Å². The zero-order valence-electron chi connectivity index (χ0n) is 11.2. The van der Waals surface area contributed by atoms with Gasteiger partial charge in [-0.25, -0.2) is 0 Å². The van der Waals surface area contributed by atoms with Gasteiger partial charge in [0.25, 0.3) is 6.47 Å². The molecule has 0 aliphatic carbocycles. The van der Waals surface area contributed by atoms with Crippen LogP contribution in [-0.4, -0.2) is 47.9 Å². The van der Waals surface area contributed by atoms with Crippen molar-refractivity contribution in [1.82, 2.24) is 4.90 Å². The maximum atomic E-state index is 9.60. The second-order valence-corrected chi connectivity index (χ2v) is 5.17. The Morgan fingerprint density at radius 1 is 1.35 bits per heavy atom. The summed E-state index contributed by atoms with van der Waals surface area (Å²) in [5.74, 6) is 0. The molecule has 0 aromatic rings. The van der Waals surface area contributed by atoms with Gasteiger partial charge in [0.2, 0.25) is 0 Å². The number of piperidine rings is 1. The summed E-state index contributed by atoms with van der Waals surface area (Å²) < 4.78 is 4.55. The van der Waals surface area contributed by atoms with Crippen molar-refractivity contribution in [2.75, 3.05) is 19.7 Å². The van der Waals surface area contributed by atoms with Crippen LogP contribution in [0.5, 0.6) is 0 Å². The molecule has 1 rings (SSSR count). The molecule has 1 aliphatic rings. The van der Waals surface area contributed by atoms with Crippen LogP contribution in [0.15, 0.2) is 0 Å². The molecule has 1 unspecified atom stereocenters. The number of rotatable bonds is 3. The number of likely N-dealkylation sites (tertiary alicyclic amines) is 1. The van der Waals surface area contributed by atoms with E-state index >= 15 is 0 Å². The number of nitrogens with two attached hydrogens (primary N) is 1. The molecule has 3 N–H and O–H groups in total. The van der Waals surface area contributed by atoms with E-state index in [9.17, 15) is 4.79 Å². The van der Waals surface area contributed by atoms with Crippen LogP contribution >= 0.6 is 0 Å². The second-order valence-electron chi connectivity index (χ2n) is 5.17. The SMILES string of the molecule is CC(C)(C)OC=O.NC(CO)N1CCCCC1. The molecule has 0 spiro atoms. The van der Waals surface area contributed by atoms with Crippen molar-refractivity contribution < 1.29 is 14.6 Å². The molecule has 1 aliphatic heterocycles. The maximum Gasteiger partial charge on any atom is 0.293 e. The number of hydrogen-bond donors (Lipinski definition) is 2. The third-order valence-electron chi connectivity index (χ3n) is 2.45. The van der Waals surface area contributed by atoms with Gasteiger partial charge in [0.05, 0.1) is 12.8 Å². The Morgan fingerprint density at radius 3 is 2.18 bits per heavy atom. The third kappa shape index (κ3) is 9.09. The Labute approximate surface area is 104 Å². The van der Waals surface area contributed by atoms with Gasteiger partial charge < -0.3 is 15.6 Å². The summed E-state index contributed by atoms with van der Waals surface area (Å²) in [4.78, 5) is 11.7. The number of ether oxygens (including phenoxy) is 1. The van der Waals surface area contributed by atoms with E-state index < -0.39 is 0 Å². The number of hydrogen-bond acceptors (Lipinski definition) is 5. The molecule has 17 heavy (non-hydrogen) atoms. The Balaban J connectivity index is 0.000000325. The number of nitrogens with zero attached hydrogens (tertiary/aromatic N) is 1. The van der Waals surface area contributed by atoms with Crippen LogP contribution in [0.25, 0.3) is 0 Å². The van der Waals surface area contributed by atoms with Crippen LogP contribution in [0.3, 0.4) is 0 Å². The van der Waals surface area contributed by atoms with Crippen LogP contribution < -0.4 is 5.73 Å². The number of aliphatic hydroxyl groups is 1. The van der Waals surface area contributed by atoms with E-state index in [1.165, 1.54) is 19.3 Å². The quantitative estimate of drug-likeness (QED) is 0.717. The fraction of sp³-hybridized carbons (Fsp3) is 0.917. The molecule has 1 saturated heterocycles. The highest BCUT2D eigenvalue weighted by Crippen LogP contribution is 2.09. The first-order valence-corrected chi connectivity index (χ1v) is 6.12. The minimum atomic E-state index is -0.318. The average molecular weight is 246 g/mol. The number of aliphatic hydroxyl groups excluding tert-OH is 1.